The zero-order valence-electron chi connectivity index (χ0n) is 16.1. The van der Waals surface area contributed by atoms with E-state index in [9.17, 15) is 13.5 Å². The lowest BCUT2D eigenvalue weighted by atomic mass is 10.1. The highest BCUT2D eigenvalue weighted by atomic mass is 32.2. The van der Waals surface area contributed by atoms with Crippen LogP contribution in [0, 0.1) is 0 Å². The van der Waals surface area contributed by atoms with E-state index in [0.717, 1.165) is 4.90 Å². The van der Waals surface area contributed by atoms with Gasteiger partial charge in [0, 0.05) is 21.7 Å². The van der Waals surface area contributed by atoms with Crippen molar-refractivity contribution in [2.24, 2.45) is 0 Å². The van der Waals surface area contributed by atoms with E-state index in [1.807, 2.05) is 30.3 Å². The van der Waals surface area contributed by atoms with Crippen molar-refractivity contribution >= 4 is 38.2 Å². The molecule has 0 aromatic heterocycles. The Labute approximate surface area is 179 Å². The molecule has 0 bridgehead atoms. The highest BCUT2D eigenvalue weighted by molar-refractivity contribution is 7.99. The number of methoxy groups -OCH3 is 1. The maximum Gasteiger partial charge on any atom is 0.262 e. The topological polar surface area (TPSA) is 75.6 Å². The van der Waals surface area contributed by atoms with Gasteiger partial charge in [-0.15, -0.1) is 0 Å². The molecule has 4 rings (SSSR count). The monoisotopic (exact) mass is 437 g/mol. The number of phenolic OH excluding ortho intramolecular Hbond substituents is 1. The summed E-state index contributed by atoms with van der Waals surface area (Å²) in [6, 6.07) is 24.7. The van der Waals surface area contributed by atoms with Crippen LogP contribution in [0.5, 0.6) is 11.5 Å². The van der Waals surface area contributed by atoms with Gasteiger partial charge in [-0.3, -0.25) is 4.72 Å². The summed E-state index contributed by atoms with van der Waals surface area (Å²) in [5.41, 5.74) is 0.393. The van der Waals surface area contributed by atoms with Crippen molar-refractivity contribution in [2.45, 2.75) is 14.7 Å². The zero-order chi connectivity index (χ0) is 21.1. The van der Waals surface area contributed by atoms with Crippen LogP contribution in [0.3, 0.4) is 0 Å². The molecule has 0 radical (unpaired) electrons. The maximum absolute atomic E-state index is 13.0. The minimum absolute atomic E-state index is 0.0938. The molecular weight excluding hydrogens is 418 g/mol. The zero-order valence-corrected chi connectivity index (χ0v) is 17.7. The van der Waals surface area contributed by atoms with Crippen LogP contribution in [0.15, 0.2) is 99.6 Å². The summed E-state index contributed by atoms with van der Waals surface area (Å²) in [4.78, 5) is 1.59. The Balaban J connectivity index is 1.80. The average molecular weight is 438 g/mol. The Kier molecular flexibility index (Phi) is 5.57. The highest BCUT2D eigenvalue weighted by Gasteiger charge is 2.19. The van der Waals surface area contributed by atoms with Gasteiger partial charge in [-0.1, -0.05) is 60.3 Å². The molecule has 30 heavy (non-hydrogen) atoms. The molecule has 0 heterocycles. The van der Waals surface area contributed by atoms with Gasteiger partial charge in [-0.05, 0) is 30.3 Å². The summed E-state index contributed by atoms with van der Waals surface area (Å²) in [5.74, 6) is 0.567. The number of rotatable bonds is 6. The molecule has 7 heteroatoms. The van der Waals surface area contributed by atoms with Gasteiger partial charge in [0.15, 0.2) is 0 Å². The Bertz CT molecular complexity index is 1310. The minimum Gasteiger partial charge on any atom is -0.506 e. The number of fused-ring (bicyclic) bond motifs is 1. The third kappa shape index (κ3) is 4.08. The van der Waals surface area contributed by atoms with Crippen LogP contribution in [-0.4, -0.2) is 20.6 Å². The number of sulfonamides is 1. The van der Waals surface area contributed by atoms with Crippen molar-refractivity contribution < 1.29 is 18.3 Å². The number of hydrogen-bond donors (Lipinski definition) is 2. The molecule has 0 amide bonds. The van der Waals surface area contributed by atoms with Crippen molar-refractivity contribution in [1.82, 2.24) is 0 Å². The largest absolute Gasteiger partial charge is 0.506 e. The minimum atomic E-state index is -3.86. The summed E-state index contributed by atoms with van der Waals surface area (Å²) in [7, 11) is -2.37. The van der Waals surface area contributed by atoms with E-state index in [4.69, 9.17) is 4.74 Å². The summed E-state index contributed by atoms with van der Waals surface area (Å²) in [5, 5.41) is 12.0. The van der Waals surface area contributed by atoms with Crippen LogP contribution in [0.4, 0.5) is 5.69 Å². The number of phenols is 1. The SMILES string of the molecule is COc1cccc(S(=O)(=O)Nc2cc(Sc3ccccc3)c(O)c3ccccc23)c1. The highest BCUT2D eigenvalue weighted by Crippen LogP contribution is 2.42. The molecule has 2 N–H and O–H groups in total. The lowest BCUT2D eigenvalue weighted by molar-refractivity contribution is 0.413. The molecule has 0 saturated heterocycles. The molecule has 0 saturated carbocycles. The molecule has 0 atom stereocenters. The summed E-state index contributed by atoms with van der Waals surface area (Å²) in [6.07, 6.45) is 0. The van der Waals surface area contributed by atoms with Gasteiger partial charge in [0.2, 0.25) is 0 Å². The number of ether oxygens (including phenoxy) is 1. The number of nitrogens with one attached hydrogen (secondary N) is 1. The van der Waals surface area contributed by atoms with Crippen LogP contribution in [0.1, 0.15) is 0 Å². The molecule has 0 aliphatic heterocycles. The Morgan fingerprint density at radius 2 is 1.57 bits per heavy atom. The van der Waals surface area contributed by atoms with Crippen LogP contribution < -0.4 is 9.46 Å². The molecule has 5 nitrogen and oxygen atoms in total. The van der Waals surface area contributed by atoms with E-state index in [-0.39, 0.29) is 10.6 Å². The van der Waals surface area contributed by atoms with E-state index in [1.165, 1.54) is 31.0 Å². The lowest BCUT2D eigenvalue weighted by Gasteiger charge is -2.15. The molecule has 0 spiro atoms. The van der Waals surface area contributed by atoms with Crippen LogP contribution >= 0.6 is 11.8 Å². The van der Waals surface area contributed by atoms with Gasteiger partial charge >= 0.3 is 0 Å². The predicted octanol–water partition coefficient (Wildman–Crippen LogP) is 5.51. The second-order valence-corrected chi connectivity index (χ2v) is 9.31. The van der Waals surface area contributed by atoms with E-state index < -0.39 is 10.0 Å². The van der Waals surface area contributed by atoms with Crippen molar-refractivity contribution in [2.75, 3.05) is 11.8 Å². The van der Waals surface area contributed by atoms with Gasteiger partial charge in [0.1, 0.15) is 11.5 Å². The van der Waals surface area contributed by atoms with Gasteiger partial charge < -0.3 is 9.84 Å². The molecule has 4 aromatic rings. The Hall–Kier alpha value is -3.16. The van der Waals surface area contributed by atoms with E-state index >= 15 is 0 Å². The first-order valence-corrected chi connectivity index (χ1v) is 11.4. The number of hydrogen-bond acceptors (Lipinski definition) is 5. The van der Waals surface area contributed by atoms with Gasteiger partial charge in [-0.25, -0.2) is 8.42 Å². The lowest BCUT2D eigenvalue weighted by Crippen LogP contribution is -2.13. The number of benzene rings is 4. The number of anilines is 1. The standard InChI is InChI=1S/C23H19NO4S2/c1-28-16-8-7-11-18(14-16)30(26,27)24-21-15-22(29-17-9-3-2-4-10-17)23(25)20-13-6-5-12-19(20)21/h2-15,24-25H,1H3. The van der Waals surface area contributed by atoms with Crippen LogP contribution in [-0.2, 0) is 10.0 Å². The first-order valence-electron chi connectivity index (χ1n) is 9.12. The van der Waals surface area contributed by atoms with E-state index in [2.05, 4.69) is 4.72 Å². The third-order valence-corrected chi connectivity index (χ3v) is 6.95. The van der Waals surface area contributed by atoms with E-state index in [0.29, 0.717) is 27.1 Å². The number of aromatic hydroxyl groups is 1. The maximum atomic E-state index is 13.0. The molecule has 4 aromatic carbocycles. The quantitative estimate of drug-likeness (QED) is 0.389. The average Bonchev–Trinajstić information content (AvgIpc) is 2.77. The molecule has 0 aliphatic rings. The van der Waals surface area contributed by atoms with Crippen molar-refractivity contribution in [3.05, 3.63) is 84.9 Å². The van der Waals surface area contributed by atoms with Crippen LogP contribution in [0.25, 0.3) is 10.8 Å². The summed E-state index contributed by atoms with van der Waals surface area (Å²) >= 11 is 1.37. The Morgan fingerprint density at radius 1 is 0.867 bits per heavy atom. The van der Waals surface area contributed by atoms with Crippen LogP contribution in [0.2, 0.25) is 0 Å². The Morgan fingerprint density at radius 3 is 2.30 bits per heavy atom. The van der Waals surface area contributed by atoms with Gasteiger partial charge in [-0.2, -0.15) is 0 Å². The summed E-state index contributed by atoms with van der Waals surface area (Å²) < 4.78 is 33.9. The van der Waals surface area contributed by atoms with Gasteiger partial charge in [0.25, 0.3) is 10.0 Å². The normalized spacial score (nSPS) is 11.4. The fourth-order valence-corrected chi connectivity index (χ4v) is 5.12. The van der Waals surface area contributed by atoms with Crippen molar-refractivity contribution in [1.29, 1.82) is 0 Å². The fourth-order valence-electron chi connectivity index (χ4n) is 3.08. The molecule has 0 aliphatic carbocycles. The predicted molar refractivity (Wildman–Crippen MR) is 120 cm³/mol. The third-order valence-electron chi connectivity index (χ3n) is 4.55. The molecule has 0 unspecified atom stereocenters. The van der Waals surface area contributed by atoms with Crippen molar-refractivity contribution in [3.8, 4) is 11.5 Å². The van der Waals surface area contributed by atoms with Crippen molar-refractivity contribution in [3.63, 3.8) is 0 Å². The first-order chi connectivity index (χ1) is 14.5. The van der Waals surface area contributed by atoms with E-state index in [1.54, 1.807) is 42.5 Å². The molecular formula is C23H19NO4S2. The summed E-state index contributed by atoms with van der Waals surface area (Å²) in [6.45, 7) is 0. The second kappa shape index (κ2) is 8.30. The molecule has 152 valence electrons. The first kappa shape index (κ1) is 20.1. The smallest absolute Gasteiger partial charge is 0.262 e. The second-order valence-electron chi connectivity index (χ2n) is 6.52. The fraction of sp³-hybridized carbons (Fsp3) is 0.0435. The molecule has 0 fully saturated rings. The van der Waals surface area contributed by atoms with Gasteiger partial charge in [0.05, 0.1) is 22.6 Å².